The quantitative estimate of drug-likeness (QED) is 0.525. The van der Waals surface area contributed by atoms with Crippen molar-refractivity contribution in [3.63, 3.8) is 0 Å². The van der Waals surface area contributed by atoms with Gasteiger partial charge < -0.3 is 9.47 Å². The smallest absolute Gasteiger partial charge is 0.160 e. The third-order valence-electron chi connectivity index (χ3n) is 3.76. The van der Waals surface area contributed by atoms with Crippen LogP contribution in [0.25, 0.3) is 0 Å². The molecule has 3 atom stereocenters. The van der Waals surface area contributed by atoms with Gasteiger partial charge in [-0.05, 0) is 19.8 Å². The molecule has 0 N–H and O–H groups in total. The SMILES string of the molecule is [CH2]C1COC(C(CCCC)CCCCCCC)O1. The van der Waals surface area contributed by atoms with Gasteiger partial charge in [-0.15, -0.1) is 0 Å². The summed E-state index contributed by atoms with van der Waals surface area (Å²) in [5.74, 6) is 0.582. The highest BCUT2D eigenvalue weighted by molar-refractivity contribution is 4.73. The van der Waals surface area contributed by atoms with E-state index in [2.05, 4.69) is 20.8 Å². The van der Waals surface area contributed by atoms with E-state index in [0.29, 0.717) is 12.5 Å². The monoisotopic (exact) mass is 255 g/mol. The lowest BCUT2D eigenvalue weighted by Crippen LogP contribution is -2.22. The highest BCUT2D eigenvalue weighted by atomic mass is 16.7. The van der Waals surface area contributed by atoms with Crippen LogP contribution in [0.3, 0.4) is 0 Å². The van der Waals surface area contributed by atoms with E-state index in [0.717, 1.165) is 0 Å². The molecular weight excluding hydrogens is 224 g/mol. The maximum Gasteiger partial charge on any atom is 0.160 e. The minimum Gasteiger partial charge on any atom is -0.350 e. The molecule has 0 aromatic carbocycles. The molecule has 3 unspecified atom stereocenters. The van der Waals surface area contributed by atoms with Crippen LogP contribution >= 0.6 is 0 Å². The molecule has 0 aliphatic carbocycles. The van der Waals surface area contributed by atoms with Gasteiger partial charge in [0.25, 0.3) is 0 Å². The molecular formula is C16H31O2. The third kappa shape index (κ3) is 6.19. The first kappa shape index (κ1) is 16.0. The van der Waals surface area contributed by atoms with E-state index in [1.165, 1.54) is 57.8 Å². The Labute approximate surface area is 113 Å². The van der Waals surface area contributed by atoms with Crippen molar-refractivity contribution in [1.82, 2.24) is 0 Å². The lowest BCUT2D eigenvalue weighted by Gasteiger charge is -2.22. The normalized spacial score (nSPS) is 25.5. The molecule has 2 nitrogen and oxygen atoms in total. The Hall–Kier alpha value is -0.0800. The fraction of sp³-hybridized carbons (Fsp3) is 0.938. The number of unbranched alkanes of at least 4 members (excludes halogenated alkanes) is 5. The summed E-state index contributed by atoms with van der Waals surface area (Å²) < 4.78 is 11.5. The van der Waals surface area contributed by atoms with Crippen LogP contribution in [0, 0.1) is 12.8 Å². The zero-order chi connectivity index (χ0) is 13.2. The molecule has 1 saturated heterocycles. The maximum atomic E-state index is 5.77. The first-order valence-corrected chi connectivity index (χ1v) is 7.88. The van der Waals surface area contributed by atoms with Crippen LogP contribution in [0.5, 0.6) is 0 Å². The van der Waals surface area contributed by atoms with Crippen molar-refractivity contribution in [2.24, 2.45) is 5.92 Å². The summed E-state index contributed by atoms with van der Waals surface area (Å²) in [4.78, 5) is 0. The van der Waals surface area contributed by atoms with Crippen molar-refractivity contribution in [2.75, 3.05) is 6.61 Å². The van der Waals surface area contributed by atoms with Gasteiger partial charge in [-0.25, -0.2) is 0 Å². The second kappa shape index (κ2) is 9.80. The van der Waals surface area contributed by atoms with Crippen LogP contribution in [0.4, 0.5) is 0 Å². The minimum absolute atomic E-state index is 0.0187. The highest BCUT2D eigenvalue weighted by Crippen LogP contribution is 2.27. The fourth-order valence-electron chi connectivity index (χ4n) is 2.61. The molecule has 18 heavy (non-hydrogen) atoms. The van der Waals surface area contributed by atoms with E-state index >= 15 is 0 Å². The summed E-state index contributed by atoms with van der Waals surface area (Å²) in [6.45, 7) is 9.11. The van der Waals surface area contributed by atoms with Gasteiger partial charge in [0, 0.05) is 5.92 Å². The van der Waals surface area contributed by atoms with Crippen LogP contribution < -0.4 is 0 Å². The second-order valence-electron chi connectivity index (χ2n) is 5.57. The predicted octanol–water partition coefficient (Wildman–Crippen LogP) is 4.73. The van der Waals surface area contributed by atoms with E-state index in [1.54, 1.807) is 0 Å². The van der Waals surface area contributed by atoms with Gasteiger partial charge in [0.1, 0.15) is 0 Å². The Balaban J connectivity index is 2.22. The van der Waals surface area contributed by atoms with E-state index in [4.69, 9.17) is 9.47 Å². The van der Waals surface area contributed by atoms with Crippen molar-refractivity contribution in [2.45, 2.75) is 84.0 Å². The summed E-state index contributed by atoms with van der Waals surface area (Å²) in [6, 6.07) is 0. The summed E-state index contributed by atoms with van der Waals surface area (Å²) in [6.07, 6.45) is 11.8. The van der Waals surface area contributed by atoms with Crippen molar-refractivity contribution in [3.05, 3.63) is 6.92 Å². The maximum absolute atomic E-state index is 5.77. The Morgan fingerprint density at radius 2 is 1.67 bits per heavy atom. The molecule has 1 heterocycles. The highest BCUT2D eigenvalue weighted by Gasteiger charge is 2.29. The van der Waals surface area contributed by atoms with Gasteiger partial charge in [0.05, 0.1) is 12.7 Å². The van der Waals surface area contributed by atoms with Crippen molar-refractivity contribution in [1.29, 1.82) is 0 Å². The fourth-order valence-corrected chi connectivity index (χ4v) is 2.61. The Morgan fingerprint density at radius 1 is 1.00 bits per heavy atom. The predicted molar refractivity (Wildman–Crippen MR) is 76.4 cm³/mol. The number of hydrogen-bond donors (Lipinski definition) is 0. The minimum atomic E-state index is 0.0187. The molecule has 0 amide bonds. The molecule has 0 aromatic rings. The Morgan fingerprint density at radius 3 is 2.28 bits per heavy atom. The van der Waals surface area contributed by atoms with E-state index in [1.807, 2.05) is 0 Å². The standard InChI is InChI=1S/C16H31O2/c1-4-6-8-9-10-12-15(11-7-5-2)16-17-13-14(3)18-16/h14-16H,3-13H2,1-2H3. The molecule has 2 heteroatoms. The number of hydrogen-bond acceptors (Lipinski definition) is 2. The average Bonchev–Trinajstić information content (AvgIpc) is 2.79. The average molecular weight is 255 g/mol. The van der Waals surface area contributed by atoms with Crippen molar-refractivity contribution < 1.29 is 9.47 Å². The van der Waals surface area contributed by atoms with Crippen LogP contribution in [-0.2, 0) is 9.47 Å². The first-order valence-electron chi connectivity index (χ1n) is 7.88. The van der Waals surface area contributed by atoms with Crippen LogP contribution in [0.15, 0.2) is 0 Å². The van der Waals surface area contributed by atoms with E-state index < -0.39 is 0 Å². The van der Waals surface area contributed by atoms with Gasteiger partial charge in [0.15, 0.2) is 6.29 Å². The van der Waals surface area contributed by atoms with Gasteiger partial charge in [-0.3, -0.25) is 0 Å². The summed E-state index contributed by atoms with van der Waals surface area (Å²) in [5.41, 5.74) is 0. The topological polar surface area (TPSA) is 18.5 Å². The zero-order valence-corrected chi connectivity index (χ0v) is 12.3. The lowest BCUT2D eigenvalue weighted by atomic mass is 9.94. The van der Waals surface area contributed by atoms with Gasteiger partial charge in [0.2, 0.25) is 0 Å². The van der Waals surface area contributed by atoms with Gasteiger partial charge in [-0.2, -0.15) is 0 Å². The summed E-state index contributed by atoms with van der Waals surface area (Å²) >= 11 is 0. The lowest BCUT2D eigenvalue weighted by molar-refractivity contribution is -0.0962. The second-order valence-corrected chi connectivity index (χ2v) is 5.57. The molecule has 1 aliphatic rings. The first-order chi connectivity index (χ1) is 8.77. The van der Waals surface area contributed by atoms with Crippen molar-refractivity contribution >= 4 is 0 Å². The van der Waals surface area contributed by atoms with Crippen LogP contribution in [0.2, 0.25) is 0 Å². The Bertz CT molecular complexity index is 194. The van der Waals surface area contributed by atoms with Gasteiger partial charge in [-0.1, -0.05) is 58.8 Å². The largest absolute Gasteiger partial charge is 0.350 e. The molecule has 1 aliphatic heterocycles. The molecule has 107 valence electrons. The molecule has 0 spiro atoms. The molecule has 1 radical (unpaired) electrons. The van der Waals surface area contributed by atoms with E-state index in [9.17, 15) is 0 Å². The zero-order valence-electron chi connectivity index (χ0n) is 12.3. The molecule has 0 saturated carbocycles. The van der Waals surface area contributed by atoms with Crippen LogP contribution in [-0.4, -0.2) is 19.0 Å². The number of rotatable bonds is 10. The summed E-state index contributed by atoms with van der Waals surface area (Å²) in [5, 5.41) is 0. The Kier molecular flexibility index (Phi) is 8.70. The van der Waals surface area contributed by atoms with E-state index in [-0.39, 0.29) is 12.4 Å². The molecule has 0 bridgehead atoms. The molecule has 1 rings (SSSR count). The number of ether oxygens (including phenoxy) is 2. The molecule has 0 aromatic heterocycles. The molecule has 1 fully saturated rings. The third-order valence-corrected chi connectivity index (χ3v) is 3.76. The van der Waals surface area contributed by atoms with Crippen LogP contribution in [0.1, 0.15) is 71.6 Å². The van der Waals surface area contributed by atoms with Crippen molar-refractivity contribution in [3.8, 4) is 0 Å². The van der Waals surface area contributed by atoms with Gasteiger partial charge >= 0.3 is 0 Å². The summed E-state index contributed by atoms with van der Waals surface area (Å²) in [7, 11) is 0.